The molecule has 0 spiro atoms. The van der Waals surface area contributed by atoms with Gasteiger partial charge in [0.05, 0.1) is 5.69 Å². The van der Waals surface area contributed by atoms with Crippen LogP contribution in [0.5, 0.6) is 0 Å². The van der Waals surface area contributed by atoms with Gasteiger partial charge in [-0.05, 0) is 20.0 Å². The molecule has 0 bridgehead atoms. The van der Waals surface area contributed by atoms with E-state index in [2.05, 4.69) is 45.9 Å². The molecule has 0 radical (unpaired) electrons. The number of hydrogen-bond donors (Lipinski definition) is 1. The largest absolute Gasteiger partial charge is 0.394 e. The monoisotopic (exact) mass is 283 g/mol. The molecule has 2 heterocycles. The zero-order valence-corrected chi connectivity index (χ0v) is 12.6. The lowest BCUT2D eigenvalue weighted by atomic mass is 10.1. The van der Waals surface area contributed by atoms with Crippen molar-refractivity contribution in [3.63, 3.8) is 0 Å². The topological polar surface area (TPSA) is 58.3 Å². The van der Waals surface area contributed by atoms with Gasteiger partial charge in [-0.1, -0.05) is 23.8 Å². The Kier molecular flexibility index (Phi) is 3.75. The average molecular weight is 283 g/mol. The van der Waals surface area contributed by atoms with E-state index in [1.807, 2.05) is 12.1 Å². The first kappa shape index (κ1) is 13.8. The van der Waals surface area contributed by atoms with E-state index in [4.69, 9.17) is 5.73 Å². The maximum Gasteiger partial charge on any atom is 0.155 e. The summed E-state index contributed by atoms with van der Waals surface area (Å²) in [6, 6.07) is 8.25. The Labute approximate surface area is 125 Å². The van der Waals surface area contributed by atoms with Gasteiger partial charge < -0.3 is 15.5 Å². The van der Waals surface area contributed by atoms with E-state index in [0.717, 1.165) is 43.3 Å². The van der Waals surface area contributed by atoms with Gasteiger partial charge in [0.15, 0.2) is 5.82 Å². The molecule has 1 fully saturated rings. The number of aromatic nitrogens is 2. The second-order valence-electron chi connectivity index (χ2n) is 5.62. The van der Waals surface area contributed by atoms with E-state index in [1.54, 1.807) is 6.33 Å². The quantitative estimate of drug-likeness (QED) is 0.910. The Bertz CT molecular complexity index is 632. The summed E-state index contributed by atoms with van der Waals surface area (Å²) < 4.78 is 0. The van der Waals surface area contributed by atoms with E-state index >= 15 is 0 Å². The molecule has 5 heteroatoms. The van der Waals surface area contributed by atoms with Gasteiger partial charge in [-0.3, -0.25) is 0 Å². The third-order valence-electron chi connectivity index (χ3n) is 3.96. The SMILES string of the molecule is Cc1cccc(-c2ncnc(N3CCN(C)CC3)c2N)c1. The molecule has 1 saturated heterocycles. The van der Waals surface area contributed by atoms with Gasteiger partial charge in [-0.2, -0.15) is 0 Å². The molecule has 21 heavy (non-hydrogen) atoms. The molecular weight excluding hydrogens is 262 g/mol. The number of nitrogens with two attached hydrogens (primary N) is 1. The standard InChI is InChI=1S/C16H21N5/c1-12-4-3-5-13(10-12)15-14(17)16(19-11-18-15)21-8-6-20(2)7-9-21/h3-5,10-11H,6-9,17H2,1-2H3. The first-order chi connectivity index (χ1) is 10.1. The maximum absolute atomic E-state index is 6.35. The molecule has 2 aromatic rings. The molecule has 110 valence electrons. The first-order valence-electron chi connectivity index (χ1n) is 7.26. The average Bonchev–Trinajstić information content (AvgIpc) is 2.48. The van der Waals surface area contributed by atoms with Crippen molar-refractivity contribution in [3.05, 3.63) is 36.2 Å². The molecule has 0 aliphatic carbocycles. The van der Waals surface area contributed by atoms with Crippen LogP contribution in [0.2, 0.25) is 0 Å². The molecule has 5 nitrogen and oxygen atoms in total. The van der Waals surface area contributed by atoms with Crippen LogP contribution >= 0.6 is 0 Å². The lowest BCUT2D eigenvalue weighted by molar-refractivity contribution is 0.312. The smallest absolute Gasteiger partial charge is 0.155 e. The van der Waals surface area contributed by atoms with Crippen molar-refractivity contribution in [3.8, 4) is 11.3 Å². The van der Waals surface area contributed by atoms with Gasteiger partial charge in [0, 0.05) is 31.7 Å². The number of nitrogens with zero attached hydrogens (tertiary/aromatic N) is 4. The van der Waals surface area contributed by atoms with Crippen LogP contribution in [0.4, 0.5) is 11.5 Å². The summed E-state index contributed by atoms with van der Waals surface area (Å²) >= 11 is 0. The summed E-state index contributed by atoms with van der Waals surface area (Å²) in [5, 5.41) is 0. The fraction of sp³-hybridized carbons (Fsp3) is 0.375. The van der Waals surface area contributed by atoms with Crippen molar-refractivity contribution in [1.82, 2.24) is 14.9 Å². The van der Waals surface area contributed by atoms with E-state index < -0.39 is 0 Å². The van der Waals surface area contributed by atoms with Crippen molar-refractivity contribution in [2.45, 2.75) is 6.92 Å². The number of nitrogen functional groups attached to an aromatic ring is 1. The molecule has 1 aliphatic heterocycles. The minimum absolute atomic E-state index is 0.674. The second-order valence-corrected chi connectivity index (χ2v) is 5.62. The Morgan fingerprint density at radius 2 is 1.86 bits per heavy atom. The molecule has 1 aliphatic rings. The highest BCUT2D eigenvalue weighted by atomic mass is 15.3. The fourth-order valence-electron chi connectivity index (χ4n) is 2.68. The van der Waals surface area contributed by atoms with Crippen LogP contribution in [0, 0.1) is 6.92 Å². The lowest BCUT2D eigenvalue weighted by Gasteiger charge is -2.33. The number of aryl methyl sites for hydroxylation is 1. The molecule has 0 atom stereocenters. The number of hydrogen-bond acceptors (Lipinski definition) is 5. The minimum atomic E-state index is 0.674. The van der Waals surface area contributed by atoms with Gasteiger partial charge in [0.1, 0.15) is 12.0 Å². The Hall–Kier alpha value is -2.14. The van der Waals surface area contributed by atoms with Crippen molar-refractivity contribution >= 4 is 11.5 Å². The zero-order chi connectivity index (χ0) is 14.8. The van der Waals surface area contributed by atoms with E-state index in [9.17, 15) is 0 Å². The van der Waals surface area contributed by atoms with Crippen LogP contribution in [0.1, 0.15) is 5.56 Å². The Balaban J connectivity index is 1.95. The summed E-state index contributed by atoms with van der Waals surface area (Å²) in [6.07, 6.45) is 1.61. The van der Waals surface area contributed by atoms with Crippen molar-refractivity contribution in [2.24, 2.45) is 0 Å². The highest BCUT2D eigenvalue weighted by Gasteiger charge is 2.19. The first-order valence-corrected chi connectivity index (χ1v) is 7.26. The normalized spacial score (nSPS) is 16.2. The molecule has 0 amide bonds. The Morgan fingerprint density at radius 3 is 2.57 bits per heavy atom. The molecule has 2 N–H and O–H groups in total. The molecule has 0 unspecified atom stereocenters. The molecule has 0 saturated carbocycles. The lowest BCUT2D eigenvalue weighted by Crippen LogP contribution is -2.45. The van der Waals surface area contributed by atoms with Crippen LogP contribution in [0.15, 0.2) is 30.6 Å². The van der Waals surface area contributed by atoms with Gasteiger partial charge in [-0.25, -0.2) is 9.97 Å². The van der Waals surface area contributed by atoms with Gasteiger partial charge in [-0.15, -0.1) is 0 Å². The zero-order valence-electron chi connectivity index (χ0n) is 12.6. The van der Waals surface area contributed by atoms with Gasteiger partial charge in [0.25, 0.3) is 0 Å². The Morgan fingerprint density at radius 1 is 1.10 bits per heavy atom. The number of piperazine rings is 1. The maximum atomic E-state index is 6.35. The summed E-state index contributed by atoms with van der Waals surface area (Å²) in [5.74, 6) is 0.856. The number of benzene rings is 1. The second kappa shape index (κ2) is 5.69. The van der Waals surface area contributed by atoms with Gasteiger partial charge in [0.2, 0.25) is 0 Å². The predicted octanol–water partition coefficient (Wildman–Crippen LogP) is 1.79. The number of likely N-dealkylation sites (N-methyl/N-ethyl adjacent to an activating group) is 1. The number of anilines is 2. The summed E-state index contributed by atoms with van der Waals surface area (Å²) in [5.41, 5.74) is 10.1. The van der Waals surface area contributed by atoms with Gasteiger partial charge >= 0.3 is 0 Å². The summed E-state index contributed by atoms with van der Waals surface area (Å²) in [4.78, 5) is 13.4. The van der Waals surface area contributed by atoms with Crippen molar-refractivity contribution < 1.29 is 0 Å². The summed E-state index contributed by atoms with van der Waals surface area (Å²) in [6.45, 7) is 6.03. The van der Waals surface area contributed by atoms with Crippen LogP contribution < -0.4 is 10.6 Å². The van der Waals surface area contributed by atoms with E-state index in [0.29, 0.717) is 5.69 Å². The predicted molar refractivity (Wildman–Crippen MR) is 86.3 cm³/mol. The van der Waals surface area contributed by atoms with Crippen LogP contribution in [0.25, 0.3) is 11.3 Å². The molecule has 1 aromatic carbocycles. The van der Waals surface area contributed by atoms with Crippen molar-refractivity contribution in [1.29, 1.82) is 0 Å². The van der Waals surface area contributed by atoms with Crippen LogP contribution in [-0.2, 0) is 0 Å². The van der Waals surface area contributed by atoms with E-state index in [1.165, 1.54) is 5.56 Å². The fourth-order valence-corrected chi connectivity index (χ4v) is 2.68. The van der Waals surface area contributed by atoms with E-state index in [-0.39, 0.29) is 0 Å². The van der Waals surface area contributed by atoms with Crippen molar-refractivity contribution in [2.75, 3.05) is 43.9 Å². The third-order valence-corrected chi connectivity index (χ3v) is 3.96. The van der Waals surface area contributed by atoms with Crippen LogP contribution in [0.3, 0.4) is 0 Å². The molecular formula is C16H21N5. The highest BCUT2D eigenvalue weighted by Crippen LogP contribution is 2.30. The minimum Gasteiger partial charge on any atom is -0.394 e. The number of rotatable bonds is 2. The summed E-state index contributed by atoms with van der Waals surface area (Å²) in [7, 11) is 2.14. The molecule has 1 aromatic heterocycles. The van der Waals surface area contributed by atoms with Crippen LogP contribution in [-0.4, -0.2) is 48.1 Å². The third kappa shape index (κ3) is 2.83. The highest BCUT2D eigenvalue weighted by molar-refractivity contribution is 5.80. The molecule has 3 rings (SSSR count).